The first-order valence-corrected chi connectivity index (χ1v) is 7.16. The van der Waals surface area contributed by atoms with Crippen molar-refractivity contribution in [3.63, 3.8) is 0 Å². The third-order valence-corrected chi connectivity index (χ3v) is 3.64. The maximum atomic E-state index is 12.0. The van der Waals surface area contributed by atoms with Crippen LogP contribution in [0, 0.1) is 0 Å². The average molecular weight is 313 g/mol. The molecule has 4 atom stereocenters. The van der Waals surface area contributed by atoms with Crippen molar-refractivity contribution in [1.29, 1.82) is 0 Å². The van der Waals surface area contributed by atoms with Gasteiger partial charge in [0.1, 0.15) is 18.2 Å². The highest BCUT2D eigenvalue weighted by atomic mass is 16.8. The summed E-state index contributed by atoms with van der Waals surface area (Å²) in [5.41, 5.74) is 0.183. The summed E-state index contributed by atoms with van der Waals surface area (Å²) in [6.07, 6.45) is -0.417. The van der Waals surface area contributed by atoms with Gasteiger partial charge in [0.25, 0.3) is 0 Å². The Morgan fingerprint density at radius 3 is 2.95 bits per heavy atom. The van der Waals surface area contributed by atoms with Crippen LogP contribution in [0.4, 0.5) is 0 Å². The topological polar surface area (TPSA) is 105 Å². The molecule has 0 amide bonds. The van der Waals surface area contributed by atoms with Gasteiger partial charge in [0.15, 0.2) is 17.8 Å². The Bertz CT molecular complexity index is 560. The van der Waals surface area contributed by atoms with Crippen LogP contribution in [0.15, 0.2) is 6.20 Å². The number of hydrogen-bond donors (Lipinski definition) is 1. The predicted octanol–water partition coefficient (Wildman–Crippen LogP) is -0.135. The fourth-order valence-corrected chi connectivity index (χ4v) is 2.82. The van der Waals surface area contributed by atoms with Crippen LogP contribution in [0.5, 0.6) is 0 Å². The number of fused-ring (bicyclic) bond motifs is 1. The SMILES string of the molecule is CCOC(=O)c1cnnn1[C@@H]1[C@H]2OC(C)(C)O[C@H]2O[C@@H]1CO. The third kappa shape index (κ3) is 2.50. The molecule has 0 aromatic carbocycles. The molecule has 1 N–H and O–H groups in total. The van der Waals surface area contributed by atoms with E-state index in [9.17, 15) is 9.90 Å². The molecular formula is C13H19N3O6. The van der Waals surface area contributed by atoms with Crippen LogP contribution in [0.2, 0.25) is 0 Å². The molecule has 0 bridgehead atoms. The monoisotopic (exact) mass is 313 g/mol. The van der Waals surface area contributed by atoms with Crippen molar-refractivity contribution in [1.82, 2.24) is 15.0 Å². The Hall–Kier alpha value is -1.55. The number of esters is 1. The Labute approximate surface area is 127 Å². The average Bonchev–Trinajstić information content (AvgIpc) is 3.09. The van der Waals surface area contributed by atoms with Crippen LogP contribution in [-0.2, 0) is 18.9 Å². The van der Waals surface area contributed by atoms with Crippen molar-refractivity contribution >= 4 is 5.97 Å². The van der Waals surface area contributed by atoms with E-state index in [2.05, 4.69) is 10.3 Å². The lowest BCUT2D eigenvalue weighted by Gasteiger charge is -2.25. The van der Waals surface area contributed by atoms with E-state index in [0.29, 0.717) is 0 Å². The molecule has 0 spiro atoms. The molecule has 1 aromatic rings. The fourth-order valence-electron chi connectivity index (χ4n) is 2.82. The summed E-state index contributed by atoms with van der Waals surface area (Å²) in [7, 11) is 0. The maximum absolute atomic E-state index is 12.0. The van der Waals surface area contributed by atoms with Crippen LogP contribution >= 0.6 is 0 Å². The number of aliphatic hydroxyl groups is 1. The van der Waals surface area contributed by atoms with Crippen molar-refractivity contribution in [2.45, 2.75) is 51.1 Å². The van der Waals surface area contributed by atoms with Gasteiger partial charge in [-0.2, -0.15) is 0 Å². The minimum atomic E-state index is -0.807. The van der Waals surface area contributed by atoms with Crippen molar-refractivity contribution in [2.24, 2.45) is 0 Å². The number of aliphatic hydroxyl groups excluding tert-OH is 1. The Morgan fingerprint density at radius 2 is 2.27 bits per heavy atom. The zero-order valence-corrected chi connectivity index (χ0v) is 12.6. The summed E-state index contributed by atoms with van der Waals surface area (Å²) in [6, 6.07) is -0.529. The van der Waals surface area contributed by atoms with Gasteiger partial charge >= 0.3 is 5.97 Å². The summed E-state index contributed by atoms with van der Waals surface area (Å²) < 4.78 is 23.5. The summed E-state index contributed by atoms with van der Waals surface area (Å²) in [5, 5.41) is 17.3. The molecule has 2 aliphatic heterocycles. The van der Waals surface area contributed by atoms with E-state index in [1.165, 1.54) is 10.9 Å². The van der Waals surface area contributed by atoms with Crippen molar-refractivity contribution in [2.75, 3.05) is 13.2 Å². The second-order valence-electron chi connectivity index (χ2n) is 5.60. The minimum Gasteiger partial charge on any atom is -0.461 e. The number of aromatic nitrogens is 3. The summed E-state index contributed by atoms with van der Waals surface area (Å²) in [5.74, 6) is -1.34. The highest BCUT2D eigenvalue weighted by Crippen LogP contribution is 2.43. The molecule has 2 fully saturated rings. The molecule has 0 unspecified atom stereocenters. The number of carbonyl (C=O) groups is 1. The van der Waals surface area contributed by atoms with Crippen molar-refractivity contribution in [3.05, 3.63) is 11.9 Å². The number of hydrogen-bond acceptors (Lipinski definition) is 8. The van der Waals surface area contributed by atoms with Gasteiger partial charge in [0, 0.05) is 0 Å². The van der Waals surface area contributed by atoms with E-state index < -0.39 is 36.3 Å². The van der Waals surface area contributed by atoms with Gasteiger partial charge in [-0.25, -0.2) is 9.48 Å². The van der Waals surface area contributed by atoms with E-state index in [-0.39, 0.29) is 18.9 Å². The molecule has 3 rings (SSSR count). The molecule has 22 heavy (non-hydrogen) atoms. The van der Waals surface area contributed by atoms with Gasteiger partial charge in [0.05, 0.1) is 19.4 Å². The van der Waals surface area contributed by atoms with Crippen LogP contribution in [0.1, 0.15) is 37.3 Å². The number of rotatable bonds is 4. The molecule has 2 aliphatic rings. The minimum absolute atomic E-state index is 0.183. The molecule has 122 valence electrons. The first-order chi connectivity index (χ1) is 10.5. The lowest BCUT2D eigenvalue weighted by atomic mass is 10.1. The van der Waals surface area contributed by atoms with Gasteiger partial charge in [-0.3, -0.25) is 0 Å². The summed E-state index contributed by atoms with van der Waals surface area (Å²) >= 11 is 0. The van der Waals surface area contributed by atoms with E-state index in [0.717, 1.165) is 0 Å². The van der Waals surface area contributed by atoms with Crippen molar-refractivity contribution < 1.29 is 28.8 Å². The normalized spacial score (nSPS) is 32.9. The lowest BCUT2D eigenvalue weighted by Crippen LogP contribution is -2.36. The largest absolute Gasteiger partial charge is 0.461 e. The molecule has 9 heteroatoms. The molecule has 0 aliphatic carbocycles. The Balaban J connectivity index is 1.92. The smallest absolute Gasteiger partial charge is 0.358 e. The van der Waals surface area contributed by atoms with E-state index >= 15 is 0 Å². The Morgan fingerprint density at radius 1 is 1.50 bits per heavy atom. The van der Waals surface area contributed by atoms with Gasteiger partial charge < -0.3 is 24.1 Å². The molecule has 0 radical (unpaired) electrons. The zero-order valence-electron chi connectivity index (χ0n) is 12.6. The van der Waals surface area contributed by atoms with Crippen LogP contribution in [0.3, 0.4) is 0 Å². The molecule has 2 saturated heterocycles. The maximum Gasteiger partial charge on any atom is 0.358 e. The molecule has 9 nitrogen and oxygen atoms in total. The predicted molar refractivity (Wildman–Crippen MR) is 70.8 cm³/mol. The summed E-state index contributed by atoms with van der Waals surface area (Å²) in [4.78, 5) is 12.0. The van der Waals surface area contributed by atoms with Crippen LogP contribution in [0.25, 0.3) is 0 Å². The number of ether oxygens (including phenoxy) is 4. The fraction of sp³-hybridized carbons (Fsp3) is 0.769. The van der Waals surface area contributed by atoms with Gasteiger partial charge in [0.2, 0.25) is 0 Å². The van der Waals surface area contributed by atoms with E-state index in [4.69, 9.17) is 18.9 Å². The highest BCUT2D eigenvalue weighted by molar-refractivity contribution is 5.87. The molecule has 0 saturated carbocycles. The quantitative estimate of drug-likeness (QED) is 0.766. The Kier molecular flexibility index (Phi) is 3.89. The zero-order chi connectivity index (χ0) is 15.9. The first-order valence-electron chi connectivity index (χ1n) is 7.16. The van der Waals surface area contributed by atoms with E-state index in [1.54, 1.807) is 20.8 Å². The second kappa shape index (κ2) is 5.58. The van der Waals surface area contributed by atoms with Gasteiger partial charge in [-0.1, -0.05) is 5.21 Å². The van der Waals surface area contributed by atoms with Gasteiger partial charge in [-0.15, -0.1) is 5.10 Å². The second-order valence-corrected chi connectivity index (χ2v) is 5.60. The lowest BCUT2D eigenvalue weighted by molar-refractivity contribution is -0.212. The standard InChI is InChI=1S/C13H19N3O6/c1-4-19-11(18)7-5-14-15-16(7)9-8(6-17)20-12-10(9)21-13(2,3)22-12/h5,8-10,12,17H,4,6H2,1-3H3/t8-,9+,10-,12-/m1/s1. The summed E-state index contributed by atoms with van der Waals surface area (Å²) in [6.45, 7) is 5.24. The molecule has 3 heterocycles. The highest BCUT2D eigenvalue weighted by Gasteiger charge is 2.56. The van der Waals surface area contributed by atoms with Crippen LogP contribution < -0.4 is 0 Å². The third-order valence-electron chi connectivity index (χ3n) is 3.64. The van der Waals surface area contributed by atoms with Crippen LogP contribution in [-0.4, -0.2) is 63.6 Å². The molecular weight excluding hydrogens is 294 g/mol. The number of carbonyl (C=O) groups excluding carboxylic acids is 1. The molecule has 1 aromatic heterocycles. The first kappa shape index (κ1) is 15.3. The number of nitrogens with zero attached hydrogens (tertiary/aromatic N) is 3. The van der Waals surface area contributed by atoms with Crippen molar-refractivity contribution in [3.8, 4) is 0 Å². The van der Waals surface area contributed by atoms with E-state index in [1.807, 2.05) is 0 Å². The van der Waals surface area contributed by atoms with Gasteiger partial charge in [-0.05, 0) is 20.8 Å².